The molecule has 2 atom stereocenters. The Bertz CT molecular complexity index is 873. The molecule has 1 aliphatic heterocycles. The van der Waals surface area contributed by atoms with Crippen molar-refractivity contribution in [2.45, 2.75) is 32.7 Å². The molecule has 2 heterocycles. The minimum absolute atomic E-state index is 0.0577. The van der Waals surface area contributed by atoms with E-state index in [4.69, 9.17) is 12.2 Å². The number of rotatable bonds is 6. The van der Waals surface area contributed by atoms with Crippen LogP contribution in [0.4, 0.5) is 0 Å². The molecule has 0 radical (unpaired) electrons. The molecular formula is C19H22N4O2S. The standard InChI is InChI=1S/C19H22N4O2S/c1-3-12(2)23-18(25)15(17(24)22-19(23)26)11-20-9-8-13-10-21-16-7-5-4-6-14(13)16/h4-7,10-12,15,21H,3,8-9H2,1-2H3,(H,22,24,26)/t12-,15+/m0/s1. The van der Waals surface area contributed by atoms with E-state index in [0.29, 0.717) is 6.54 Å². The predicted octanol–water partition coefficient (Wildman–Crippen LogP) is 2.44. The Morgan fingerprint density at radius 3 is 2.88 bits per heavy atom. The first-order chi connectivity index (χ1) is 12.5. The van der Waals surface area contributed by atoms with Crippen molar-refractivity contribution in [2.75, 3.05) is 6.54 Å². The van der Waals surface area contributed by atoms with Crippen molar-refractivity contribution in [1.82, 2.24) is 15.2 Å². The Morgan fingerprint density at radius 1 is 1.35 bits per heavy atom. The van der Waals surface area contributed by atoms with Gasteiger partial charge in [-0.05, 0) is 43.6 Å². The van der Waals surface area contributed by atoms with Gasteiger partial charge in [0.15, 0.2) is 11.0 Å². The molecule has 26 heavy (non-hydrogen) atoms. The number of aromatic nitrogens is 1. The number of aliphatic imine (C=N–C) groups is 1. The number of carbonyl (C=O) groups excluding carboxylic acids is 2. The van der Waals surface area contributed by atoms with Crippen LogP contribution < -0.4 is 5.32 Å². The third-order valence-corrected chi connectivity index (χ3v) is 5.00. The van der Waals surface area contributed by atoms with E-state index in [1.165, 1.54) is 22.1 Å². The Morgan fingerprint density at radius 2 is 2.12 bits per heavy atom. The van der Waals surface area contributed by atoms with E-state index in [9.17, 15) is 9.59 Å². The quantitative estimate of drug-likeness (QED) is 0.466. The normalized spacial score (nSPS) is 19.4. The first-order valence-corrected chi connectivity index (χ1v) is 9.16. The molecule has 2 N–H and O–H groups in total. The van der Waals surface area contributed by atoms with E-state index < -0.39 is 11.8 Å². The first kappa shape index (κ1) is 18.3. The molecule has 1 aliphatic rings. The molecule has 0 saturated carbocycles. The summed E-state index contributed by atoms with van der Waals surface area (Å²) in [6.07, 6.45) is 4.91. The third-order valence-electron chi connectivity index (χ3n) is 4.71. The second kappa shape index (κ2) is 7.78. The average molecular weight is 370 g/mol. The van der Waals surface area contributed by atoms with Gasteiger partial charge in [-0.2, -0.15) is 0 Å². The van der Waals surface area contributed by atoms with Crippen molar-refractivity contribution >= 4 is 46.3 Å². The zero-order valence-electron chi connectivity index (χ0n) is 14.9. The Balaban J connectivity index is 1.66. The van der Waals surface area contributed by atoms with Gasteiger partial charge in [0.1, 0.15) is 0 Å². The van der Waals surface area contributed by atoms with Crippen molar-refractivity contribution in [1.29, 1.82) is 0 Å². The molecule has 1 fully saturated rings. The number of fused-ring (bicyclic) bond motifs is 1. The lowest BCUT2D eigenvalue weighted by atomic mass is 10.0. The maximum atomic E-state index is 12.6. The van der Waals surface area contributed by atoms with Crippen LogP contribution in [0.1, 0.15) is 25.8 Å². The van der Waals surface area contributed by atoms with Crippen LogP contribution in [0.2, 0.25) is 0 Å². The number of benzene rings is 1. The summed E-state index contributed by atoms with van der Waals surface area (Å²) < 4.78 is 0. The minimum Gasteiger partial charge on any atom is -0.361 e. The highest BCUT2D eigenvalue weighted by Crippen LogP contribution is 2.18. The topological polar surface area (TPSA) is 77.6 Å². The summed E-state index contributed by atoms with van der Waals surface area (Å²) in [5, 5.41) is 3.95. The van der Waals surface area contributed by atoms with E-state index in [1.54, 1.807) is 0 Å². The third kappa shape index (κ3) is 3.53. The lowest BCUT2D eigenvalue weighted by Crippen LogP contribution is -2.60. The van der Waals surface area contributed by atoms with Crippen LogP contribution in [-0.4, -0.2) is 45.6 Å². The van der Waals surface area contributed by atoms with Gasteiger partial charge in [0.05, 0.1) is 0 Å². The maximum Gasteiger partial charge on any atom is 0.247 e. The van der Waals surface area contributed by atoms with Crippen LogP contribution in [0.3, 0.4) is 0 Å². The molecule has 0 aliphatic carbocycles. The molecule has 3 rings (SSSR count). The van der Waals surface area contributed by atoms with Gasteiger partial charge < -0.3 is 10.3 Å². The summed E-state index contributed by atoms with van der Waals surface area (Å²) in [4.78, 5) is 33.8. The van der Waals surface area contributed by atoms with Crippen LogP contribution in [0.25, 0.3) is 10.9 Å². The Labute approximate surface area is 157 Å². The molecule has 1 saturated heterocycles. The summed E-state index contributed by atoms with van der Waals surface area (Å²) in [5.74, 6) is -1.63. The number of aromatic amines is 1. The second-order valence-electron chi connectivity index (χ2n) is 6.40. The van der Waals surface area contributed by atoms with Crippen LogP contribution in [0, 0.1) is 5.92 Å². The highest BCUT2D eigenvalue weighted by atomic mass is 32.1. The van der Waals surface area contributed by atoms with E-state index in [1.807, 2.05) is 38.2 Å². The van der Waals surface area contributed by atoms with Gasteiger partial charge in [-0.3, -0.25) is 19.5 Å². The van der Waals surface area contributed by atoms with Crippen LogP contribution in [0.15, 0.2) is 35.5 Å². The number of para-hydroxylation sites is 1. The highest BCUT2D eigenvalue weighted by Gasteiger charge is 2.39. The maximum absolute atomic E-state index is 12.6. The molecule has 7 heteroatoms. The summed E-state index contributed by atoms with van der Waals surface area (Å²) in [5.41, 5.74) is 2.26. The molecule has 136 valence electrons. The highest BCUT2D eigenvalue weighted by molar-refractivity contribution is 7.80. The van der Waals surface area contributed by atoms with E-state index >= 15 is 0 Å². The summed E-state index contributed by atoms with van der Waals surface area (Å²) in [7, 11) is 0. The smallest absolute Gasteiger partial charge is 0.247 e. The van der Waals surface area contributed by atoms with Crippen LogP contribution in [0.5, 0.6) is 0 Å². The molecule has 0 unspecified atom stereocenters. The van der Waals surface area contributed by atoms with Gasteiger partial charge >= 0.3 is 0 Å². The van der Waals surface area contributed by atoms with Crippen molar-refractivity contribution < 1.29 is 9.59 Å². The number of hydrogen-bond donors (Lipinski definition) is 2. The van der Waals surface area contributed by atoms with E-state index in [-0.39, 0.29) is 17.1 Å². The predicted molar refractivity (Wildman–Crippen MR) is 106 cm³/mol. The van der Waals surface area contributed by atoms with Crippen LogP contribution in [-0.2, 0) is 16.0 Å². The summed E-state index contributed by atoms with van der Waals surface area (Å²) >= 11 is 5.14. The fourth-order valence-electron chi connectivity index (χ4n) is 3.04. The van der Waals surface area contributed by atoms with E-state index in [0.717, 1.165) is 18.4 Å². The van der Waals surface area contributed by atoms with Crippen molar-refractivity contribution in [3.8, 4) is 0 Å². The number of amides is 2. The SMILES string of the molecule is CC[C@H](C)N1C(=O)[C@H](C=NCCc2c[nH]c3ccccc23)C(=O)NC1=S. The van der Waals surface area contributed by atoms with Crippen LogP contribution >= 0.6 is 12.2 Å². The number of nitrogens with zero attached hydrogens (tertiary/aromatic N) is 2. The zero-order valence-corrected chi connectivity index (χ0v) is 15.7. The monoisotopic (exact) mass is 370 g/mol. The summed E-state index contributed by atoms with van der Waals surface area (Å²) in [6.45, 7) is 4.39. The number of nitrogens with one attached hydrogen (secondary N) is 2. The van der Waals surface area contributed by atoms with Crippen molar-refractivity contribution in [3.63, 3.8) is 0 Å². The Kier molecular flexibility index (Phi) is 5.46. The van der Waals surface area contributed by atoms with Crippen molar-refractivity contribution in [2.24, 2.45) is 10.9 Å². The van der Waals surface area contributed by atoms with E-state index in [2.05, 4.69) is 21.4 Å². The summed E-state index contributed by atoms with van der Waals surface area (Å²) in [6, 6.07) is 8.02. The zero-order chi connectivity index (χ0) is 18.7. The molecule has 6 nitrogen and oxygen atoms in total. The number of hydrogen-bond acceptors (Lipinski definition) is 4. The Hall–Kier alpha value is -2.54. The fourth-order valence-corrected chi connectivity index (χ4v) is 3.41. The lowest BCUT2D eigenvalue weighted by molar-refractivity contribution is -0.139. The van der Waals surface area contributed by atoms with Gasteiger partial charge in [0.25, 0.3) is 0 Å². The lowest BCUT2D eigenvalue weighted by Gasteiger charge is -2.34. The molecule has 2 aromatic rings. The average Bonchev–Trinajstić information content (AvgIpc) is 3.03. The molecule has 1 aromatic carbocycles. The molecule has 1 aromatic heterocycles. The molecule has 2 amide bonds. The second-order valence-corrected chi connectivity index (χ2v) is 6.79. The van der Waals surface area contributed by atoms with Crippen molar-refractivity contribution in [3.05, 3.63) is 36.0 Å². The largest absolute Gasteiger partial charge is 0.361 e. The first-order valence-electron chi connectivity index (χ1n) is 8.75. The number of H-pyrrole nitrogens is 1. The fraction of sp³-hybridized carbons (Fsp3) is 0.368. The molecule has 0 bridgehead atoms. The van der Waals surface area contributed by atoms with Gasteiger partial charge in [0, 0.05) is 35.9 Å². The van der Waals surface area contributed by atoms with Gasteiger partial charge in [-0.25, -0.2) is 0 Å². The minimum atomic E-state index is -0.918. The van der Waals surface area contributed by atoms with Gasteiger partial charge in [0.2, 0.25) is 11.8 Å². The number of carbonyl (C=O) groups is 2. The molecular weight excluding hydrogens is 348 g/mol. The number of thiocarbonyl (C=S) groups is 1. The van der Waals surface area contributed by atoms with Gasteiger partial charge in [-0.1, -0.05) is 25.1 Å². The molecule has 0 spiro atoms. The van der Waals surface area contributed by atoms with Gasteiger partial charge in [-0.15, -0.1) is 0 Å².